The standard InChI is InChI=1S/C14H10ClN3O2S/c1-7-11(14(19)20)12(18-17-7)13-16-10(6-21-13)8-3-2-4-9(15)5-8/h2-6H,1H3,(H,17,18)(H,19,20). The predicted molar refractivity (Wildman–Crippen MR) is 81.8 cm³/mol. The summed E-state index contributed by atoms with van der Waals surface area (Å²) in [6, 6.07) is 7.35. The lowest BCUT2D eigenvalue weighted by Crippen LogP contribution is -1.99. The zero-order valence-corrected chi connectivity index (χ0v) is 12.5. The number of nitrogens with zero attached hydrogens (tertiary/aromatic N) is 2. The molecule has 0 fully saturated rings. The number of aromatic carboxylic acids is 1. The van der Waals surface area contributed by atoms with Gasteiger partial charge in [-0.2, -0.15) is 5.10 Å². The number of hydrogen-bond donors (Lipinski definition) is 2. The third-order valence-corrected chi connectivity index (χ3v) is 4.07. The van der Waals surface area contributed by atoms with Gasteiger partial charge in [0.15, 0.2) is 0 Å². The summed E-state index contributed by atoms with van der Waals surface area (Å²) in [5.41, 5.74) is 2.65. The summed E-state index contributed by atoms with van der Waals surface area (Å²) in [4.78, 5) is 15.8. The first-order chi connectivity index (χ1) is 10.1. The average molecular weight is 320 g/mol. The molecule has 3 aromatic rings. The number of carboxylic acids is 1. The lowest BCUT2D eigenvalue weighted by atomic mass is 10.2. The number of nitrogens with one attached hydrogen (secondary N) is 1. The maximum absolute atomic E-state index is 11.3. The van der Waals surface area contributed by atoms with Crippen molar-refractivity contribution < 1.29 is 9.90 Å². The van der Waals surface area contributed by atoms with Crippen LogP contribution in [-0.2, 0) is 0 Å². The van der Waals surface area contributed by atoms with Gasteiger partial charge in [0.05, 0.1) is 5.69 Å². The fraction of sp³-hybridized carbons (Fsp3) is 0.0714. The van der Waals surface area contributed by atoms with Crippen LogP contribution in [0.15, 0.2) is 29.6 Å². The first-order valence-electron chi connectivity index (χ1n) is 6.06. The van der Waals surface area contributed by atoms with Crippen LogP contribution in [0, 0.1) is 6.92 Å². The van der Waals surface area contributed by atoms with Crippen LogP contribution in [-0.4, -0.2) is 26.3 Å². The van der Waals surface area contributed by atoms with Crippen molar-refractivity contribution >= 4 is 28.9 Å². The molecule has 0 aliphatic carbocycles. The average Bonchev–Trinajstić information content (AvgIpc) is 3.04. The molecule has 0 aliphatic heterocycles. The minimum atomic E-state index is -1.02. The molecule has 2 aromatic heterocycles. The smallest absolute Gasteiger partial charge is 0.339 e. The molecule has 0 bridgehead atoms. The Morgan fingerprint density at radius 2 is 2.24 bits per heavy atom. The van der Waals surface area contributed by atoms with Gasteiger partial charge in [0.2, 0.25) is 0 Å². The van der Waals surface area contributed by atoms with E-state index >= 15 is 0 Å². The lowest BCUT2D eigenvalue weighted by molar-refractivity contribution is 0.0697. The summed E-state index contributed by atoms with van der Waals surface area (Å²) >= 11 is 7.32. The Kier molecular flexibility index (Phi) is 3.48. The van der Waals surface area contributed by atoms with Crippen LogP contribution in [0.5, 0.6) is 0 Å². The summed E-state index contributed by atoms with van der Waals surface area (Å²) in [6.45, 7) is 1.67. The summed E-state index contributed by atoms with van der Waals surface area (Å²) < 4.78 is 0. The summed E-state index contributed by atoms with van der Waals surface area (Å²) in [7, 11) is 0. The van der Waals surface area contributed by atoms with Crippen molar-refractivity contribution in [2.45, 2.75) is 6.92 Å². The number of H-pyrrole nitrogens is 1. The maximum Gasteiger partial charge on any atom is 0.339 e. The molecule has 0 radical (unpaired) electrons. The quantitative estimate of drug-likeness (QED) is 0.768. The molecule has 0 aliphatic rings. The minimum absolute atomic E-state index is 0.155. The van der Waals surface area contributed by atoms with E-state index in [0.717, 1.165) is 11.3 Å². The van der Waals surface area contributed by atoms with Gasteiger partial charge in [-0.05, 0) is 19.1 Å². The number of carboxylic acid groups (broad SMARTS) is 1. The van der Waals surface area contributed by atoms with Crippen LogP contribution in [0.4, 0.5) is 0 Å². The fourth-order valence-corrected chi connectivity index (χ4v) is 3.02. The summed E-state index contributed by atoms with van der Waals surface area (Å²) in [5.74, 6) is -1.02. The Bertz CT molecular complexity index is 825. The zero-order chi connectivity index (χ0) is 15.0. The third-order valence-electron chi connectivity index (χ3n) is 2.99. The van der Waals surface area contributed by atoms with Crippen LogP contribution < -0.4 is 0 Å². The van der Waals surface area contributed by atoms with E-state index in [2.05, 4.69) is 15.2 Å². The molecular weight excluding hydrogens is 310 g/mol. The molecule has 0 unspecified atom stereocenters. The minimum Gasteiger partial charge on any atom is -0.478 e. The number of aryl methyl sites for hydroxylation is 1. The molecule has 7 heteroatoms. The second-order valence-corrected chi connectivity index (χ2v) is 5.72. The highest BCUT2D eigenvalue weighted by Crippen LogP contribution is 2.31. The SMILES string of the molecule is Cc1[nH]nc(-c2nc(-c3cccc(Cl)c3)cs2)c1C(=O)O. The van der Waals surface area contributed by atoms with Crippen molar-refractivity contribution in [3.8, 4) is 22.0 Å². The Morgan fingerprint density at radius 3 is 2.95 bits per heavy atom. The van der Waals surface area contributed by atoms with Gasteiger partial charge in [-0.15, -0.1) is 11.3 Å². The molecule has 106 valence electrons. The number of carbonyl (C=O) groups is 1. The normalized spacial score (nSPS) is 10.8. The van der Waals surface area contributed by atoms with Crippen molar-refractivity contribution in [2.24, 2.45) is 0 Å². The molecule has 2 N–H and O–H groups in total. The van der Waals surface area contributed by atoms with Crippen molar-refractivity contribution in [1.29, 1.82) is 0 Å². The fourth-order valence-electron chi connectivity index (χ4n) is 2.01. The van der Waals surface area contributed by atoms with Gasteiger partial charge in [0, 0.05) is 21.7 Å². The van der Waals surface area contributed by atoms with Crippen molar-refractivity contribution in [2.75, 3.05) is 0 Å². The number of aromatic nitrogens is 3. The first-order valence-corrected chi connectivity index (χ1v) is 7.32. The van der Waals surface area contributed by atoms with E-state index in [1.165, 1.54) is 11.3 Å². The topological polar surface area (TPSA) is 78.9 Å². The molecule has 1 aromatic carbocycles. The highest BCUT2D eigenvalue weighted by molar-refractivity contribution is 7.13. The van der Waals surface area contributed by atoms with Crippen molar-refractivity contribution in [3.63, 3.8) is 0 Å². The molecule has 0 saturated carbocycles. The van der Waals surface area contributed by atoms with Gasteiger partial charge in [-0.1, -0.05) is 23.7 Å². The second kappa shape index (κ2) is 5.31. The number of rotatable bonds is 3. The molecule has 0 saturated heterocycles. The van der Waals surface area contributed by atoms with Gasteiger partial charge in [0.25, 0.3) is 0 Å². The van der Waals surface area contributed by atoms with Crippen molar-refractivity contribution in [3.05, 3.63) is 45.9 Å². The number of thiazole rings is 1. The lowest BCUT2D eigenvalue weighted by Gasteiger charge is -1.97. The van der Waals surface area contributed by atoms with Crippen LogP contribution in [0.2, 0.25) is 5.02 Å². The molecule has 21 heavy (non-hydrogen) atoms. The third kappa shape index (κ3) is 2.55. The van der Waals surface area contributed by atoms with Crippen molar-refractivity contribution in [1.82, 2.24) is 15.2 Å². The maximum atomic E-state index is 11.3. The Balaban J connectivity index is 2.05. The highest BCUT2D eigenvalue weighted by atomic mass is 35.5. The van der Waals surface area contributed by atoms with Crippen LogP contribution in [0.3, 0.4) is 0 Å². The van der Waals surface area contributed by atoms with Gasteiger partial charge < -0.3 is 5.11 Å². The number of aromatic amines is 1. The Hall–Kier alpha value is -2.18. The molecule has 5 nitrogen and oxygen atoms in total. The van der Waals surface area contributed by atoms with E-state index in [4.69, 9.17) is 11.6 Å². The van der Waals surface area contributed by atoms with E-state index in [-0.39, 0.29) is 5.56 Å². The molecule has 3 rings (SSSR count). The van der Waals surface area contributed by atoms with Gasteiger partial charge in [0.1, 0.15) is 16.3 Å². The number of hydrogen-bond acceptors (Lipinski definition) is 4. The molecule has 2 heterocycles. The van der Waals surface area contributed by atoms with Gasteiger partial charge in [-0.3, -0.25) is 5.10 Å². The van der Waals surface area contributed by atoms with Crippen LogP contribution >= 0.6 is 22.9 Å². The zero-order valence-electron chi connectivity index (χ0n) is 10.9. The summed E-state index contributed by atoms with van der Waals surface area (Å²) in [5, 5.41) is 19.0. The number of halogens is 1. The van der Waals surface area contributed by atoms with Crippen LogP contribution in [0.1, 0.15) is 16.1 Å². The molecule has 0 atom stereocenters. The first kappa shape index (κ1) is 13.8. The molecular formula is C14H10ClN3O2S. The molecule has 0 amide bonds. The Morgan fingerprint density at radius 1 is 1.43 bits per heavy atom. The highest BCUT2D eigenvalue weighted by Gasteiger charge is 2.21. The van der Waals surface area contributed by atoms with E-state index in [1.54, 1.807) is 13.0 Å². The van der Waals surface area contributed by atoms with Crippen LogP contribution in [0.25, 0.3) is 22.0 Å². The summed E-state index contributed by atoms with van der Waals surface area (Å²) in [6.07, 6.45) is 0. The Labute approximate surface area is 129 Å². The monoisotopic (exact) mass is 319 g/mol. The second-order valence-electron chi connectivity index (χ2n) is 4.43. The van der Waals surface area contributed by atoms with E-state index in [0.29, 0.717) is 21.4 Å². The van der Waals surface area contributed by atoms with E-state index in [9.17, 15) is 9.90 Å². The largest absolute Gasteiger partial charge is 0.478 e. The predicted octanol–water partition coefficient (Wildman–Crippen LogP) is 3.86. The van der Waals surface area contributed by atoms with E-state index < -0.39 is 5.97 Å². The molecule has 0 spiro atoms. The number of benzene rings is 1. The van der Waals surface area contributed by atoms with Gasteiger partial charge in [-0.25, -0.2) is 9.78 Å². The van der Waals surface area contributed by atoms with E-state index in [1.807, 2.05) is 23.6 Å². The van der Waals surface area contributed by atoms with Gasteiger partial charge >= 0.3 is 5.97 Å².